The maximum absolute atomic E-state index is 12.6. The Morgan fingerprint density at radius 3 is 2.75 bits per heavy atom. The zero-order valence-corrected chi connectivity index (χ0v) is 12.7. The van der Waals surface area contributed by atoms with Crippen molar-refractivity contribution in [3.63, 3.8) is 0 Å². The normalized spacial score (nSPS) is 18.8. The average molecular weight is 275 g/mol. The van der Waals surface area contributed by atoms with E-state index in [0.717, 1.165) is 43.7 Å². The Morgan fingerprint density at radius 1 is 1.40 bits per heavy atom. The van der Waals surface area contributed by atoms with Gasteiger partial charge in [0.05, 0.1) is 0 Å². The van der Waals surface area contributed by atoms with Crippen LogP contribution in [0.5, 0.6) is 0 Å². The number of hydrogen-bond donors (Lipinski definition) is 1. The second-order valence-corrected chi connectivity index (χ2v) is 5.49. The number of carbonyl (C=O) groups is 1. The minimum atomic E-state index is 0.115. The van der Waals surface area contributed by atoms with Crippen molar-refractivity contribution in [1.29, 1.82) is 0 Å². The third-order valence-electron chi connectivity index (χ3n) is 4.27. The third-order valence-corrected chi connectivity index (χ3v) is 4.27. The lowest BCUT2D eigenvalue weighted by molar-refractivity contribution is 0.0777. The van der Waals surface area contributed by atoms with E-state index in [0.29, 0.717) is 11.7 Å². The highest BCUT2D eigenvalue weighted by molar-refractivity contribution is 5.96. The van der Waals surface area contributed by atoms with E-state index in [2.05, 4.69) is 18.7 Å². The van der Waals surface area contributed by atoms with Crippen LogP contribution in [0, 0.1) is 6.92 Å². The van der Waals surface area contributed by atoms with Gasteiger partial charge in [-0.1, -0.05) is 19.9 Å². The van der Waals surface area contributed by atoms with Crippen LogP contribution in [-0.4, -0.2) is 47.9 Å². The molecule has 2 rings (SSSR count). The van der Waals surface area contributed by atoms with Crippen LogP contribution in [0.2, 0.25) is 0 Å². The molecule has 0 radical (unpaired) electrons. The quantitative estimate of drug-likeness (QED) is 0.856. The SMILES string of the molecule is CCN(CC)C1CCN(C(=O)c2cc(N)ccc2C)C1. The first kappa shape index (κ1) is 14.9. The molecule has 4 nitrogen and oxygen atoms in total. The van der Waals surface area contributed by atoms with Crippen LogP contribution in [0.4, 0.5) is 5.69 Å². The number of likely N-dealkylation sites (N-methyl/N-ethyl adjacent to an activating group) is 1. The first-order valence-electron chi connectivity index (χ1n) is 7.46. The topological polar surface area (TPSA) is 49.6 Å². The molecule has 1 aliphatic heterocycles. The number of aryl methyl sites for hydroxylation is 1. The molecule has 0 aliphatic carbocycles. The summed E-state index contributed by atoms with van der Waals surface area (Å²) in [6.45, 7) is 10.1. The molecule has 2 N–H and O–H groups in total. The highest BCUT2D eigenvalue weighted by Gasteiger charge is 2.30. The summed E-state index contributed by atoms with van der Waals surface area (Å²) < 4.78 is 0. The molecule has 1 aliphatic rings. The third kappa shape index (κ3) is 2.96. The fraction of sp³-hybridized carbons (Fsp3) is 0.562. The molecule has 1 aromatic carbocycles. The van der Waals surface area contributed by atoms with E-state index >= 15 is 0 Å². The van der Waals surface area contributed by atoms with Crippen molar-refractivity contribution in [2.75, 3.05) is 31.9 Å². The molecule has 1 aromatic rings. The number of likely N-dealkylation sites (tertiary alicyclic amines) is 1. The summed E-state index contributed by atoms with van der Waals surface area (Å²) in [4.78, 5) is 17.0. The van der Waals surface area contributed by atoms with E-state index in [1.54, 1.807) is 6.07 Å². The minimum Gasteiger partial charge on any atom is -0.399 e. The number of nitrogen functional groups attached to an aromatic ring is 1. The molecule has 110 valence electrons. The van der Waals surface area contributed by atoms with Crippen LogP contribution in [0.25, 0.3) is 0 Å². The Kier molecular flexibility index (Phi) is 4.65. The van der Waals surface area contributed by atoms with E-state index in [-0.39, 0.29) is 5.91 Å². The Hall–Kier alpha value is -1.55. The van der Waals surface area contributed by atoms with Gasteiger partial charge in [-0.25, -0.2) is 0 Å². The number of benzene rings is 1. The first-order chi connectivity index (χ1) is 9.56. The van der Waals surface area contributed by atoms with E-state index < -0.39 is 0 Å². The second kappa shape index (κ2) is 6.27. The summed E-state index contributed by atoms with van der Waals surface area (Å²) in [5, 5.41) is 0. The predicted molar refractivity (Wildman–Crippen MR) is 82.8 cm³/mol. The molecule has 0 aromatic heterocycles. The summed E-state index contributed by atoms with van der Waals surface area (Å²) in [6.07, 6.45) is 1.06. The number of hydrogen-bond acceptors (Lipinski definition) is 3. The van der Waals surface area contributed by atoms with Crippen LogP contribution in [0.15, 0.2) is 18.2 Å². The Bertz CT molecular complexity index is 483. The van der Waals surface area contributed by atoms with Gasteiger partial charge in [0.15, 0.2) is 0 Å². The van der Waals surface area contributed by atoms with Crippen molar-refractivity contribution in [3.05, 3.63) is 29.3 Å². The van der Waals surface area contributed by atoms with Crippen LogP contribution in [0.1, 0.15) is 36.2 Å². The number of anilines is 1. The van der Waals surface area contributed by atoms with Crippen LogP contribution < -0.4 is 5.73 Å². The molecule has 1 heterocycles. The van der Waals surface area contributed by atoms with Gasteiger partial charge in [0, 0.05) is 30.4 Å². The zero-order valence-electron chi connectivity index (χ0n) is 12.7. The van der Waals surface area contributed by atoms with E-state index in [9.17, 15) is 4.79 Å². The molecule has 1 fully saturated rings. The largest absolute Gasteiger partial charge is 0.399 e. The molecule has 1 unspecified atom stereocenters. The smallest absolute Gasteiger partial charge is 0.254 e. The van der Waals surface area contributed by atoms with Gasteiger partial charge < -0.3 is 10.6 Å². The molecule has 0 saturated carbocycles. The van der Waals surface area contributed by atoms with Crippen molar-refractivity contribution in [3.8, 4) is 0 Å². The molecular formula is C16H25N3O. The van der Waals surface area contributed by atoms with Crippen LogP contribution >= 0.6 is 0 Å². The van der Waals surface area contributed by atoms with Crippen molar-refractivity contribution < 1.29 is 4.79 Å². The highest BCUT2D eigenvalue weighted by atomic mass is 16.2. The van der Waals surface area contributed by atoms with Gasteiger partial charge in [-0.05, 0) is 44.1 Å². The maximum Gasteiger partial charge on any atom is 0.254 e. The van der Waals surface area contributed by atoms with Gasteiger partial charge in [-0.15, -0.1) is 0 Å². The Labute approximate surface area is 121 Å². The monoisotopic (exact) mass is 275 g/mol. The number of nitrogens with two attached hydrogens (primary N) is 1. The van der Waals surface area contributed by atoms with Gasteiger partial charge in [-0.2, -0.15) is 0 Å². The van der Waals surface area contributed by atoms with Crippen molar-refractivity contribution in [1.82, 2.24) is 9.80 Å². The average Bonchev–Trinajstić information content (AvgIpc) is 2.92. The van der Waals surface area contributed by atoms with E-state index in [1.807, 2.05) is 24.0 Å². The Balaban J connectivity index is 2.10. The maximum atomic E-state index is 12.6. The number of rotatable bonds is 4. The van der Waals surface area contributed by atoms with Crippen molar-refractivity contribution in [2.45, 2.75) is 33.2 Å². The second-order valence-electron chi connectivity index (χ2n) is 5.49. The molecule has 1 atom stereocenters. The van der Waals surface area contributed by atoms with Crippen LogP contribution in [0.3, 0.4) is 0 Å². The minimum absolute atomic E-state index is 0.115. The first-order valence-corrected chi connectivity index (χ1v) is 7.46. The fourth-order valence-corrected chi connectivity index (χ4v) is 3.00. The van der Waals surface area contributed by atoms with Crippen molar-refractivity contribution >= 4 is 11.6 Å². The van der Waals surface area contributed by atoms with E-state index in [1.165, 1.54) is 0 Å². The van der Waals surface area contributed by atoms with Gasteiger partial charge in [0.2, 0.25) is 0 Å². The number of carbonyl (C=O) groups excluding carboxylic acids is 1. The lowest BCUT2D eigenvalue weighted by Gasteiger charge is -2.26. The number of amides is 1. The zero-order chi connectivity index (χ0) is 14.7. The lowest BCUT2D eigenvalue weighted by Crippen LogP contribution is -2.38. The molecule has 1 saturated heterocycles. The summed E-state index contributed by atoms with van der Waals surface area (Å²) in [7, 11) is 0. The molecule has 1 amide bonds. The molecule has 0 bridgehead atoms. The summed E-state index contributed by atoms with van der Waals surface area (Å²) in [5.41, 5.74) is 8.19. The van der Waals surface area contributed by atoms with Gasteiger partial charge in [0.1, 0.15) is 0 Å². The van der Waals surface area contributed by atoms with Crippen molar-refractivity contribution in [2.24, 2.45) is 0 Å². The van der Waals surface area contributed by atoms with Gasteiger partial charge in [0.25, 0.3) is 5.91 Å². The molecule has 20 heavy (non-hydrogen) atoms. The van der Waals surface area contributed by atoms with E-state index in [4.69, 9.17) is 5.73 Å². The standard InChI is InChI=1S/C16H25N3O/c1-4-18(5-2)14-8-9-19(11-14)16(20)15-10-13(17)7-6-12(15)3/h6-7,10,14H,4-5,8-9,11,17H2,1-3H3. The predicted octanol–water partition coefficient (Wildman–Crippen LogP) is 2.13. The fourth-order valence-electron chi connectivity index (χ4n) is 3.00. The van der Waals surface area contributed by atoms with Gasteiger partial charge in [-0.3, -0.25) is 9.69 Å². The molecule has 4 heteroatoms. The summed E-state index contributed by atoms with van der Waals surface area (Å²) >= 11 is 0. The highest BCUT2D eigenvalue weighted by Crippen LogP contribution is 2.21. The Morgan fingerprint density at radius 2 is 2.10 bits per heavy atom. The molecule has 0 spiro atoms. The number of nitrogens with zero attached hydrogens (tertiary/aromatic N) is 2. The van der Waals surface area contributed by atoms with Gasteiger partial charge >= 0.3 is 0 Å². The summed E-state index contributed by atoms with van der Waals surface area (Å²) in [5.74, 6) is 0.115. The summed E-state index contributed by atoms with van der Waals surface area (Å²) in [6, 6.07) is 6.05. The molecular weight excluding hydrogens is 250 g/mol. The lowest BCUT2D eigenvalue weighted by atomic mass is 10.1. The van der Waals surface area contributed by atoms with Crippen LogP contribution in [-0.2, 0) is 0 Å².